The quantitative estimate of drug-likeness (QED) is 0.371. The standard InChI is InChI=1S/C19H25NSi.2ClH.Hf/c1-19(2,3)20-21(4,5)18-12-8-11-16-15-10-7-6-9-14(15)13-17(16)18;;;/h6-12,20H,13H2,1-5H3;2*1H;/p-2. The molecule has 0 unspecified atom stereocenters. The summed E-state index contributed by atoms with van der Waals surface area (Å²) in [5.41, 5.74) is 6.05. The molecule has 2 aromatic rings. The van der Waals surface area contributed by atoms with E-state index in [1.165, 1.54) is 16.7 Å². The van der Waals surface area contributed by atoms with Crippen LogP contribution in [0.2, 0.25) is 13.1 Å². The molecule has 0 spiro atoms. The number of rotatable bonds is 2. The van der Waals surface area contributed by atoms with Gasteiger partial charge < -0.3 is 29.8 Å². The van der Waals surface area contributed by atoms with E-state index in [2.05, 4.69) is 81.3 Å². The van der Waals surface area contributed by atoms with Gasteiger partial charge in [-0.1, -0.05) is 55.6 Å². The van der Waals surface area contributed by atoms with Gasteiger partial charge in [-0.05, 0) is 54.6 Å². The summed E-state index contributed by atoms with van der Waals surface area (Å²) in [4.78, 5) is 3.91. The third kappa shape index (κ3) is 4.82. The van der Waals surface area contributed by atoms with Gasteiger partial charge in [0.15, 0.2) is 8.24 Å². The first kappa shape index (κ1) is 24.1. The Morgan fingerprint density at radius 2 is 1.46 bits per heavy atom. The SMILES string of the molecule is CC(C)(C)N[Si](C)(C)c1cccc2c1Cc1ccccc1-2.[Cl-].[Cl-].[Hf]. The summed E-state index contributed by atoms with van der Waals surface area (Å²) in [7, 11) is -1.66. The minimum absolute atomic E-state index is 0. The van der Waals surface area contributed by atoms with E-state index in [0.29, 0.717) is 0 Å². The van der Waals surface area contributed by atoms with E-state index in [1.54, 1.807) is 10.8 Å². The maximum Gasteiger partial charge on any atom is 0.152 e. The van der Waals surface area contributed by atoms with E-state index in [4.69, 9.17) is 0 Å². The molecule has 0 saturated carbocycles. The molecule has 0 radical (unpaired) electrons. The van der Waals surface area contributed by atoms with Crippen molar-refractivity contribution >= 4 is 13.4 Å². The van der Waals surface area contributed by atoms with Crippen molar-refractivity contribution in [2.45, 2.75) is 45.8 Å². The summed E-state index contributed by atoms with van der Waals surface area (Å²) in [5, 5.41) is 1.56. The third-order valence-electron chi connectivity index (χ3n) is 4.21. The smallest absolute Gasteiger partial charge is 0.152 e. The maximum atomic E-state index is 3.91. The molecule has 1 N–H and O–H groups in total. The van der Waals surface area contributed by atoms with Crippen LogP contribution in [0, 0.1) is 0 Å². The zero-order chi connectivity index (χ0) is 15.3. The monoisotopic (exact) mass is 545 g/mol. The average molecular weight is 545 g/mol. The molecule has 0 aliphatic heterocycles. The predicted octanol–water partition coefficient (Wildman–Crippen LogP) is -1.94. The number of nitrogens with one attached hydrogen (secondary N) is 1. The van der Waals surface area contributed by atoms with E-state index in [1.807, 2.05) is 0 Å². The van der Waals surface area contributed by atoms with Gasteiger partial charge in [0, 0.05) is 31.4 Å². The van der Waals surface area contributed by atoms with Crippen LogP contribution in [0.15, 0.2) is 42.5 Å². The molecule has 1 aliphatic carbocycles. The molecule has 0 aromatic heterocycles. The van der Waals surface area contributed by atoms with Crippen LogP contribution in [0.1, 0.15) is 31.9 Å². The summed E-state index contributed by atoms with van der Waals surface area (Å²) in [6.07, 6.45) is 1.09. The third-order valence-corrected chi connectivity index (χ3v) is 7.40. The van der Waals surface area contributed by atoms with Gasteiger partial charge in [0.1, 0.15) is 0 Å². The van der Waals surface area contributed by atoms with Crippen molar-refractivity contribution in [3.63, 3.8) is 0 Å². The molecule has 5 heteroatoms. The van der Waals surface area contributed by atoms with Crippen LogP contribution in [0.4, 0.5) is 0 Å². The number of fused-ring (bicyclic) bond motifs is 3. The van der Waals surface area contributed by atoms with E-state index in [9.17, 15) is 0 Å². The minimum Gasteiger partial charge on any atom is -1.00 e. The normalized spacial score (nSPS) is 12.2. The van der Waals surface area contributed by atoms with Gasteiger partial charge in [0.2, 0.25) is 0 Å². The molecule has 3 rings (SSSR count). The molecular formula is C19H25Cl2HfNSi-2. The van der Waals surface area contributed by atoms with Crippen molar-refractivity contribution < 1.29 is 50.7 Å². The molecule has 1 aliphatic rings. The molecular weight excluding hydrogens is 520 g/mol. The number of hydrogen-bond acceptors (Lipinski definition) is 1. The van der Waals surface area contributed by atoms with E-state index in [0.717, 1.165) is 6.42 Å². The fraction of sp³-hybridized carbons (Fsp3) is 0.368. The molecule has 0 bridgehead atoms. The zero-order valence-corrected chi connectivity index (χ0v) is 21.1. The van der Waals surface area contributed by atoms with Crippen LogP contribution in [0.5, 0.6) is 0 Å². The number of halogens is 2. The molecule has 1 nitrogen and oxygen atoms in total. The Balaban J connectivity index is 0.00000176. The van der Waals surface area contributed by atoms with Crippen LogP contribution < -0.4 is 35.0 Å². The van der Waals surface area contributed by atoms with Crippen molar-refractivity contribution in [1.29, 1.82) is 0 Å². The summed E-state index contributed by atoms with van der Waals surface area (Å²) in [6, 6.07) is 15.7. The van der Waals surface area contributed by atoms with Gasteiger partial charge in [-0.15, -0.1) is 0 Å². The molecule has 0 saturated heterocycles. The second-order valence-electron chi connectivity index (χ2n) is 7.67. The Hall–Kier alpha value is 0.0670. The molecule has 0 amide bonds. The Morgan fingerprint density at radius 1 is 0.875 bits per heavy atom. The van der Waals surface area contributed by atoms with Crippen molar-refractivity contribution in [3.05, 3.63) is 53.6 Å². The second-order valence-corrected chi connectivity index (χ2v) is 11.7. The first-order valence-electron chi connectivity index (χ1n) is 7.78. The summed E-state index contributed by atoms with van der Waals surface area (Å²) >= 11 is 0. The Bertz CT molecular complexity index is 696. The van der Waals surface area contributed by atoms with Crippen LogP contribution in [-0.4, -0.2) is 13.8 Å². The van der Waals surface area contributed by atoms with Crippen molar-refractivity contribution in [2.75, 3.05) is 0 Å². The fourth-order valence-electron chi connectivity index (χ4n) is 3.75. The van der Waals surface area contributed by atoms with Gasteiger partial charge in [-0.3, -0.25) is 0 Å². The number of benzene rings is 2. The zero-order valence-electron chi connectivity index (χ0n) is 15.0. The van der Waals surface area contributed by atoms with Gasteiger partial charge >= 0.3 is 0 Å². The molecule has 0 fully saturated rings. The van der Waals surface area contributed by atoms with Crippen LogP contribution in [-0.2, 0) is 32.3 Å². The van der Waals surface area contributed by atoms with Gasteiger partial charge in [-0.25, -0.2) is 0 Å². The summed E-state index contributed by atoms with van der Waals surface area (Å²) in [6.45, 7) is 11.6. The Labute approximate surface area is 178 Å². The largest absolute Gasteiger partial charge is 1.00 e. The van der Waals surface area contributed by atoms with Crippen LogP contribution >= 0.6 is 0 Å². The molecule has 2 aromatic carbocycles. The van der Waals surface area contributed by atoms with Gasteiger partial charge in [0.25, 0.3) is 0 Å². The molecule has 0 atom stereocenters. The molecule has 24 heavy (non-hydrogen) atoms. The molecule has 130 valence electrons. The summed E-state index contributed by atoms with van der Waals surface area (Å²) < 4.78 is 0. The Morgan fingerprint density at radius 3 is 2.08 bits per heavy atom. The van der Waals surface area contributed by atoms with E-state index >= 15 is 0 Å². The maximum absolute atomic E-state index is 3.91. The van der Waals surface area contributed by atoms with E-state index in [-0.39, 0.29) is 56.2 Å². The van der Waals surface area contributed by atoms with Crippen molar-refractivity contribution in [1.82, 2.24) is 4.98 Å². The predicted molar refractivity (Wildman–Crippen MR) is 94.7 cm³/mol. The first-order chi connectivity index (χ1) is 9.78. The van der Waals surface area contributed by atoms with Gasteiger partial charge in [-0.2, -0.15) is 0 Å². The second kappa shape index (κ2) is 8.63. The minimum atomic E-state index is -1.66. The van der Waals surface area contributed by atoms with Crippen molar-refractivity contribution in [3.8, 4) is 11.1 Å². The number of hydrogen-bond donors (Lipinski definition) is 1. The summed E-state index contributed by atoms with van der Waals surface area (Å²) in [5.74, 6) is 0. The molecule has 0 heterocycles. The van der Waals surface area contributed by atoms with E-state index < -0.39 is 8.24 Å². The Kier molecular flexibility index (Phi) is 8.66. The van der Waals surface area contributed by atoms with Gasteiger partial charge in [0.05, 0.1) is 0 Å². The van der Waals surface area contributed by atoms with Crippen molar-refractivity contribution in [2.24, 2.45) is 0 Å². The topological polar surface area (TPSA) is 12.0 Å². The van der Waals surface area contributed by atoms with Crippen LogP contribution in [0.25, 0.3) is 11.1 Å². The average Bonchev–Trinajstić information content (AvgIpc) is 2.74. The van der Waals surface area contributed by atoms with Crippen LogP contribution in [0.3, 0.4) is 0 Å². The first-order valence-corrected chi connectivity index (χ1v) is 10.8. The fourth-order valence-corrected chi connectivity index (χ4v) is 7.25.